The molecule has 4 aromatic carbocycles. The molecule has 0 amide bonds. The molecule has 4 aromatic heterocycles. The first-order valence-corrected chi connectivity index (χ1v) is 19.3. The molecule has 0 aliphatic heterocycles. The van der Waals surface area contributed by atoms with Crippen molar-refractivity contribution >= 4 is 35.2 Å². The molecule has 0 saturated carbocycles. The van der Waals surface area contributed by atoms with Crippen LogP contribution in [0.3, 0.4) is 0 Å². The normalized spacial score (nSPS) is 11.1. The molecule has 0 bridgehead atoms. The average molecular weight is 815 g/mol. The summed E-state index contributed by atoms with van der Waals surface area (Å²) >= 11 is 0. The fraction of sp³-hybridized carbons (Fsp3) is 0.0714. The molecule has 237 valence electrons. The molecule has 0 aliphatic rings. The minimum absolute atomic E-state index is 0. The van der Waals surface area contributed by atoms with Crippen molar-refractivity contribution in [2.45, 2.75) is 19.6 Å². The van der Waals surface area contributed by atoms with Crippen molar-refractivity contribution in [1.82, 2.24) is 19.5 Å². The van der Waals surface area contributed by atoms with Gasteiger partial charge in [0.2, 0.25) is 0 Å². The van der Waals surface area contributed by atoms with Crippen molar-refractivity contribution in [2.75, 3.05) is 0 Å². The van der Waals surface area contributed by atoms with Gasteiger partial charge in [-0.2, -0.15) is 0 Å². The van der Waals surface area contributed by atoms with E-state index in [-0.39, 0.29) is 20.1 Å². The Bertz CT molecular complexity index is 2230. The fourth-order valence-electron chi connectivity index (χ4n) is 5.90. The molecule has 6 heteroatoms. The Morgan fingerprint density at radius 3 is 2.04 bits per heavy atom. The summed E-state index contributed by atoms with van der Waals surface area (Å²) in [5.74, 6) is 0. The summed E-state index contributed by atoms with van der Waals surface area (Å²) in [6.07, 6.45) is 5.74. The van der Waals surface area contributed by atoms with Crippen LogP contribution in [0.1, 0.15) is 0 Å². The van der Waals surface area contributed by atoms with Gasteiger partial charge in [0.05, 0.1) is 8.07 Å². The van der Waals surface area contributed by atoms with Gasteiger partial charge in [-0.1, -0.05) is 97.8 Å². The van der Waals surface area contributed by atoms with E-state index in [2.05, 4.69) is 126 Å². The standard InChI is InChI=1S/C31H26N3Si.C11H8N.Ir/c1-35(2,3)30-21-33-28(20-26(30)22-11-6-4-7-12-22)23-16-17-29-27(19-23)25-15-10-18-32-31(25)34(29)24-13-8-5-9-14-24;1-2-6-10(7-3-1)11-8-4-5-9-12-11;/h4-15,17-21H,1-3H3;1-6,8-9H;/q2*-1;. The van der Waals surface area contributed by atoms with Crippen LogP contribution in [-0.2, 0) is 20.1 Å². The van der Waals surface area contributed by atoms with Gasteiger partial charge < -0.3 is 14.5 Å². The van der Waals surface area contributed by atoms with E-state index in [4.69, 9.17) is 9.97 Å². The van der Waals surface area contributed by atoms with Crippen LogP contribution in [0, 0.1) is 12.1 Å². The van der Waals surface area contributed by atoms with E-state index in [1.165, 1.54) is 16.3 Å². The molecule has 8 rings (SSSR count). The monoisotopic (exact) mass is 815 g/mol. The zero-order chi connectivity index (χ0) is 32.2. The number of aromatic nitrogens is 4. The van der Waals surface area contributed by atoms with Gasteiger partial charge in [-0.05, 0) is 57.5 Å². The van der Waals surface area contributed by atoms with Crippen LogP contribution in [-0.4, -0.2) is 27.6 Å². The summed E-state index contributed by atoms with van der Waals surface area (Å²) < 4.78 is 2.21. The van der Waals surface area contributed by atoms with Gasteiger partial charge >= 0.3 is 0 Å². The van der Waals surface area contributed by atoms with E-state index in [0.29, 0.717) is 0 Å². The quantitative estimate of drug-likeness (QED) is 0.129. The third-order valence-electron chi connectivity index (χ3n) is 8.20. The van der Waals surface area contributed by atoms with Crippen LogP contribution >= 0.6 is 0 Å². The Morgan fingerprint density at radius 1 is 0.604 bits per heavy atom. The molecule has 48 heavy (non-hydrogen) atoms. The predicted molar refractivity (Wildman–Crippen MR) is 198 cm³/mol. The molecule has 8 aromatic rings. The molecule has 4 nitrogen and oxygen atoms in total. The van der Waals surface area contributed by atoms with Crippen molar-refractivity contribution in [3.63, 3.8) is 0 Å². The maximum atomic E-state index is 4.93. The van der Waals surface area contributed by atoms with Crippen molar-refractivity contribution in [3.8, 4) is 39.3 Å². The second kappa shape index (κ2) is 14.4. The molecule has 0 fully saturated rings. The minimum Gasteiger partial charge on any atom is -0.335 e. The summed E-state index contributed by atoms with van der Waals surface area (Å²) in [6, 6.07) is 52.1. The van der Waals surface area contributed by atoms with Crippen LogP contribution < -0.4 is 5.19 Å². The van der Waals surface area contributed by atoms with E-state index in [1.54, 1.807) is 6.20 Å². The molecule has 0 spiro atoms. The number of pyridine rings is 3. The maximum Gasteiger partial charge on any atom is 0.135 e. The van der Waals surface area contributed by atoms with Crippen molar-refractivity contribution < 1.29 is 20.1 Å². The van der Waals surface area contributed by atoms with E-state index >= 15 is 0 Å². The first-order chi connectivity index (χ1) is 23.0. The van der Waals surface area contributed by atoms with Crippen molar-refractivity contribution in [2.24, 2.45) is 0 Å². The number of benzene rings is 4. The molecule has 0 saturated heterocycles. The van der Waals surface area contributed by atoms with E-state index in [1.807, 2.05) is 60.8 Å². The molecular weight excluding hydrogens is 781 g/mol. The molecular formula is C42H34IrN4Si-2. The van der Waals surface area contributed by atoms with Gasteiger partial charge in [-0.15, -0.1) is 59.7 Å². The Balaban J connectivity index is 0.000000260. The summed E-state index contributed by atoms with van der Waals surface area (Å²) in [6.45, 7) is 7.12. The third kappa shape index (κ3) is 6.83. The second-order valence-electron chi connectivity index (χ2n) is 12.4. The maximum absolute atomic E-state index is 4.93. The molecule has 1 radical (unpaired) electrons. The summed E-state index contributed by atoms with van der Waals surface area (Å²) in [4.78, 5) is 13.9. The van der Waals surface area contributed by atoms with Crippen LogP contribution in [0.15, 0.2) is 152 Å². The largest absolute Gasteiger partial charge is 0.335 e. The molecule has 0 atom stereocenters. The summed E-state index contributed by atoms with van der Waals surface area (Å²) in [7, 11) is -1.58. The Morgan fingerprint density at radius 2 is 1.33 bits per heavy atom. The Kier molecular flexibility index (Phi) is 9.88. The van der Waals surface area contributed by atoms with Crippen LogP contribution in [0.5, 0.6) is 0 Å². The summed E-state index contributed by atoms with van der Waals surface area (Å²) in [5, 5.41) is 3.66. The van der Waals surface area contributed by atoms with Gasteiger partial charge in [0.15, 0.2) is 0 Å². The zero-order valence-electron chi connectivity index (χ0n) is 27.1. The smallest absolute Gasteiger partial charge is 0.135 e. The number of hydrogen-bond acceptors (Lipinski definition) is 3. The first kappa shape index (κ1) is 32.9. The average Bonchev–Trinajstić information content (AvgIpc) is 3.46. The van der Waals surface area contributed by atoms with Gasteiger partial charge in [-0.25, -0.2) is 4.98 Å². The SMILES string of the molecule is C[Si](C)(C)c1cnc(-c2[c-]cc3c(c2)c2cccnc2n3-c2ccccc2)cc1-c1ccccc1.[Ir].[c-]1ccccc1-c1ccccn1. The van der Waals surface area contributed by atoms with Crippen molar-refractivity contribution in [3.05, 3.63) is 164 Å². The van der Waals surface area contributed by atoms with Crippen LogP contribution in [0.25, 0.3) is 61.3 Å². The number of fused-ring (bicyclic) bond motifs is 3. The number of para-hydroxylation sites is 1. The zero-order valence-corrected chi connectivity index (χ0v) is 30.5. The first-order valence-electron chi connectivity index (χ1n) is 15.8. The minimum atomic E-state index is -1.58. The fourth-order valence-corrected chi connectivity index (χ4v) is 7.38. The van der Waals surface area contributed by atoms with E-state index in [0.717, 1.165) is 50.1 Å². The Hall–Kier alpha value is -5.00. The Labute approximate surface area is 296 Å². The van der Waals surface area contributed by atoms with E-state index < -0.39 is 8.07 Å². The van der Waals surface area contributed by atoms with Gasteiger partial charge in [0.25, 0.3) is 0 Å². The summed E-state index contributed by atoms with van der Waals surface area (Å²) in [5.41, 5.74) is 9.59. The van der Waals surface area contributed by atoms with Crippen LogP contribution in [0.4, 0.5) is 0 Å². The number of hydrogen-bond donors (Lipinski definition) is 0. The molecule has 0 unspecified atom stereocenters. The van der Waals surface area contributed by atoms with Gasteiger partial charge in [0.1, 0.15) is 5.65 Å². The van der Waals surface area contributed by atoms with Gasteiger partial charge in [0, 0.05) is 49.8 Å². The van der Waals surface area contributed by atoms with E-state index in [9.17, 15) is 0 Å². The van der Waals surface area contributed by atoms with Crippen molar-refractivity contribution in [1.29, 1.82) is 0 Å². The second-order valence-corrected chi connectivity index (χ2v) is 17.5. The number of nitrogens with zero attached hydrogens (tertiary/aromatic N) is 4. The molecule has 4 heterocycles. The predicted octanol–water partition coefficient (Wildman–Crippen LogP) is 9.80. The van der Waals surface area contributed by atoms with Crippen LogP contribution in [0.2, 0.25) is 19.6 Å². The number of rotatable bonds is 5. The third-order valence-corrected chi connectivity index (χ3v) is 10.2. The molecule has 0 aliphatic carbocycles. The topological polar surface area (TPSA) is 43.6 Å². The molecule has 0 N–H and O–H groups in total. The van der Waals surface area contributed by atoms with Gasteiger partial charge in [-0.3, -0.25) is 0 Å².